The Morgan fingerprint density at radius 2 is 1.60 bits per heavy atom. The SMILES string of the molecule is CCNC(=O)[C@H](CC)N(Cc1c(Cl)cccc1Cl)C(=O)CN(c1cc(OC)ccc1OC)S(=O)(=O)c1ccc(C)cc1. The second-order valence-electron chi connectivity index (χ2n) is 9.40. The summed E-state index contributed by atoms with van der Waals surface area (Å²) in [4.78, 5) is 28.6. The highest BCUT2D eigenvalue weighted by Gasteiger charge is 2.35. The van der Waals surface area contributed by atoms with E-state index >= 15 is 0 Å². The molecule has 2 amide bonds. The van der Waals surface area contributed by atoms with Crippen molar-refractivity contribution in [3.8, 4) is 11.5 Å². The van der Waals surface area contributed by atoms with Crippen LogP contribution in [0.3, 0.4) is 0 Å². The molecule has 0 radical (unpaired) electrons. The highest BCUT2D eigenvalue weighted by molar-refractivity contribution is 7.92. The fourth-order valence-electron chi connectivity index (χ4n) is 4.41. The smallest absolute Gasteiger partial charge is 0.264 e. The number of sulfonamides is 1. The van der Waals surface area contributed by atoms with Gasteiger partial charge in [-0.05, 0) is 56.7 Å². The lowest BCUT2D eigenvalue weighted by molar-refractivity contribution is -0.140. The molecule has 3 aromatic carbocycles. The van der Waals surface area contributed by atoms with Crippen molar-refractivity contribution in [2.24, 2.45) is 0 Å². The van der Waals surface area contributed by atoms with Gasteiger partial charge in [-0.3, -0.25) is 13.9 Å². The molecule has 0 aliphatic carbocycles. The summed E-state index contributed by atoms with van der Waals surface area (Å²) >= 11 is 12.9. The van der Waals surface area contributed by atoms with Crippen molar-refractivity contribution in [3.63, 3.8) is 0 Å². The highest BCUT2D eigenvalue weighted by Crippen LogP contribution is 2.36. The Hall–Kier alpha value is -3.47. The number of methoxy groups -OCH3 is 2. The van der Waals surface area contributed by atoms with E-state index in [0.717, 1.165) is 9.87 Å². The van der Waals surface area contributed by atoms with Crippen LogP contribution in [-0.2, 0) is 26.2 Å². The molecule has 0 saturated heterocycles. The fourth-order valence-corrected chi connectivity index (χ4v) is 6.34. The average molecular weight is 637 g/mol. The quantitative estimate of drug-likeness (QED) is 0.267. The number of likely N-dealkylation sites (N-methyl/N-ethyl adjacent to an activating group) is 1. The number of benzene rings is 3. The van der Waals surface area contributed by atoms with E-state index in [1.54, 1.807) is 56.3 Å². The second-order valence-corrected chi connectivity index (χ2v) is 12.1. The molecule has 3 rings (SSSR count). The molecule has 12 heteroatoms. The Labute approximate surface area is 257 Å². The van der Waals surface area contributed by atoms with Crippen LogP contribution in [-0.4, -0.2) is 58.5 Å². The van der Waals surface area contributed by atoms with Crippen LogP contribution in [0.2, 0.25) is 10.0 Å². The first kappa shape index (κ1) is 33.0. The molecule has 0 spiro atoms. The summed E-state index contributed by atoms with van der Waals surface area (Å²) in [6, 6.07) is 14.9. The van der Waals surface area contributed by atoms with Gasteiger partial charge in [0.2, 0.25) is 11.8 Å². The Bertz CT molecular complexity index is 1500. The van der Waals surface area contributed by atoms with Gasteiger partial charge < -0.3 is 19.7 Å². The minimum Gasteiger partial charge on any atom is -0.497 e. The van der Waals surface area contributed by atoms with Gasteiger partial charge in [-0.2, -0.15) is 0 Å². The van der Waals surface area contributed by atoms with Crippen LogP contribution in [0.15, 0.2) is 65.6 Å². The molecule has 42 heavy (non-hydrogen) atoms. The van der Waals surface area contributed by atoms with Gasteiger partial charge in [-0.15, -0.1) is 0 Å². The molecule has 3 aromatic rings. The summed E-state index contributed by atoms with van der Waals surface area (Å²) in [5.41, 5.74) is 1.39. The number of carbonyl (C=O) groups excluding carboxylic acids is 2. The Kier molecular flexibility index (Phi) is 11.5. The summed E-state index contributed by atoms with van der Waals surface area (Å²) in [6.45, 7) is 4.94. The zero-order valence-electron chi connectivity index (χ0n) is 24.2. The van der Waals surface area contributed by atoms with Crippen LogP contribution >= 0.6 is 23.2 Å². The molecular weight excluding hydrogens is 601 g/mol. The van der Waals surface area contributed by atoms with Crippen molar-refractivity contribution >= 4 is 50.7 Å². The molecule has 0 aromatic heterocycles. The predicted molar refractivity (Wildman–Crippen MR) is 165 cm³/mol. The number of nitrogens with one attached hydrogen (secondary N) is 1. The third kappa shape index (κ3) is 7.48. The van der Waals surface area contributed by atoms with E-state index in [-0.39, 0.29) is 35.2 Å². The van der Waals surface area contributed by atoms with Gasteiger partial charge in [0.1, 0.15) is 24.1 Å². The van der Waals surface area contributed by atoms with Crippen molar-refractivity contribution < 1.29 is 27.5 Å². The van der Waals surface area contributed by atoms with E-state index in [2.05, 4.69) is 5.32 Å². The summed E-state index contributed by atoms with van der Waals surface area (Å²) in [5, 5.41) is 3.38. The summed E-state index contributed by atoms with van der Waals surface area (Å²) < 4.78 is 40.1. The number of halogens is 2. The zero-order chi connectivity index (χ0) is 31.0. The number of amides is 2. The Morgan fingerprint density at radius 3 is 2.14 bits per heavy atom. The second kappa shape index (κ2) is 14.6. The number of hydrogen-bond donors (Lipinski definition) is 1. The molecule has 0 unspecified atom stereocenters. The van der Waals surface area contributed by atoms with Gasteiger partial charge in [0, 0.05) is 34.8 Å². The van der Waals surface area contributed by atoms with Gasteiger partial charge in [-0.25, -0.2) is 8.42 Å². The van der Waals surface area contributed by atoms with Crippen LogP contribution in [0.4, 0.5) is 5.69 Å². The summed E-state index contributed by atoms with van der Waals surface area (Å²) in [6.07, 6.45) is 0.257. The van der Waals surface area contributed by atoms with Crippen molar-refractivity contribution in [1.29, 1.82) is 0 Å². The molecule has 9 nitrogen and oxygen atoms in total. The zero-order valence-corrected chi connectivity index (χ0v) is 26.5. The first-order valence-corrected chi connectivity index (χ1v) is 15.5. The fraction of sp³-hybridized carbons (Fsp3) is 0.333. The molecule has 0 saturated carbocycles. The number of rotatable bonds is 13. The topological polar surface area (TPSA) is 105 Å². The lowest BCUT2D eigenvalue weighted by atomic mass is 10.1. The maximum absolute atomic E-state index is 14.2. The minimum absolute atomic E-state index is 0.0257. The lowest BCUT2D eigenvalue weighted by Gasteiger charge is -2.33. The Morgan fingerprint density at radius 1 is 0.952 bits per heavy atom. The van der Waals surface area contributed by atoms with Crippen molar-refractivity contribution in [1.82, 2.24) is 10.2 Å². The van der Waals surface area contributed by atoms with Crippen LogP contribution < -0.4 is 19.1 Å². The van der Waals surface area contributed by atoms with E-state index in [0.29, 0.717) is 27.9 Å². The monoisotopic (exact) mass is 635 g/mol. The first-order chi connectivity index (χ1) is 20.0. The van der Waals surface area contributed by atoms with E-state index in [9.17, 15) is 18.0 Å². The Balaban J connectivity index is 2.19. The lowest BCUT2D eigenvalue weighted by Crippen LogP contribution is -2.52. The van der Waals surface area contributed by atoms with Crippen LogP contribution in [0, 0.1) is 6.92 Å². The van der Waals surface area contributed by atoms with Gasteiger partial charge in [0.05, 0.1) is 24.8 Å². The van der Waals surface area contributed by atoms with Crippen molar-refractivity contribution in [2.75, 3.05) is 31.6 Å². The minimum atomic E-state index is -4.31. The van der Waals surface area contributed by atoms with Crippen LogP contribution in [0.25, 0.3) is 0 Å². The third-order valence-corrected chi connectivity index (χ3v) is 9.15. The number of hydrogen-bond acceptors (Lipinski definition) is 6. The van der Waals surface area contributed by atoms with E-state index < -0.39 is 28.5 Å². The van der Waals surface area contributed by atoms with Gasteiger partial charge in [0.15, 0.2) is 0 Å². The van der Waals surface area contributed by atoms with Crippen molar-refractivity contribution in [2.45, 2.75) is 44.7 Å². The summed E-state index contributed by atoms with van der Waals surface area (Å²) in [5.74, 6) is -0.473. The van der Waals surface area contributed by atoms with Gasteiger partial charge in [-0.1, -0.05) is 53.9 Å². The van der Waals surface area contributed by atoms with E-state index in [1.807, 2.05) is 6.92 Å². The maximum atomic E-state index is 14.2. The molecule has 1 atom stereocenters. The normalized spacial score (nSPS) is 11.9. The average Bonchev–Trinajstić information content (AvgIpc) is 2.97. The standard InChI is InChI=1S/C30H35Cl2N3O6S/c1-6-26(30(37)33-7-2)34(18-23-24(31)9-8-10-25(23)32)29(36)19-35(27-17-21(40-4)13-16-28(27)41-5)42(38,39)22-14-11-20(3)12-15-22/h8-17,26H,6-7,18-19H2,1-5H3,(H,33,37)/t26-/m0/s1. The predicted octanol–water partition coefficient (Wildman–Crippen LogP) is 5.46. The maximum Gasteiger partial charge on any atom is 0.264 e. The number of nitrogens with zero attached hydrogens (tertiary/aromatic N) is 2. The number of aryl methyl sites for hydroxylation is 1. The first-order valence-electron chi connectivity index (χ1n) is 13.3. The van der Waals surface area contributed by atoms with Crippen LogP contribution in [0.5, 0.6) is 11.5 Å². The molecular formula is C30H35Cl2N3O6S. The molecule has 1 N–H and O–H groups in total. The van der Waals surface area contributed by atoms with Gasteiger partial charge in [0.25, 0.3) is 10.0 Å². The molecule has 0 aliphatic heterocycles. The summed E-state index contributed by atoms with van der Waals surface area (Å²) in [7, 11) is -1.46. The molecule has 0 heterocycles. The molecule has 226 valence electrons. The molecule has 0 bridgehead atoms. The van der Waals surface area contributed by atoms with Crippen LogP contribution in [0.1, 0.15) is 31.4 Å². The van der Waals surface area contributed by atoms with Crippen molar-refractivity contribution in [3.05, 3.63) is 81.8 Å². The number of carbonyl (C=O) groups is 2. The van der Waals surface area contributed by atoms with E-state index in [4.69, 9.17) is 32.7 Å². The van der Waals surface area contributed by atoms with Gasteiger partial charge >= 0.3 is 0 Å². The van der Waals surface area contributed by atoms with E-state index in [1.165, 1.54) is 37.3 Å². The number of anilines is 1. The molecule has 0 fully saturated rings. The third-order valence-electron chi connectivity index (χ3n) is 6.67. The molecule has 0 aliphatic rings. The largest absolute Gasteiger partial charge is 0.497 e. The highest BCUT2D eigenvalue weighted by atomic mass is 35.5. The number of ether oxygens (including phenoxy) is 2.